The summed E-state index contributed by atoms with van der Waals surface area (Å²) in [7, 11) is 1.90. The van der Waals surface area contributed by atoms with E-state index in [4.69, 9.17) is 0 Å². The van der Waals surface area contributed by atoms with Gasteiger partial charge >= 0.3 is 0 Å². The molecule has 14 heavy (non-hydrogen) atoms. The van der Waals surface area contributed by atoms with E-state index in [1.54, 1.807) is 12.1 Å². The first kappa shape index (κ1) is 9.58. The molecule has 1 aromatic carbocycles. The summed E-state index contributed by atoms with van der Waals surface area (Å²) in [5, 5.41) is 3.11. The van der Waals surface area contributed by atoms with Gasteiger partial charge in [-0.25, -0.2) is 15.2 Å². The molecule has 1 fully saturated rings. The minimum atomic E-state index is -0.183. The lowest BCUT2D eigenvalue weighted by molar-refractivity contribution is 0.494. The number of hydrazine groups is 1. The molecule has 3 N–H and O–H groups in total. The quantitative estimate of drug-likeness (QED) is 0.656. The lowest BCUT2D eigenvalue weighted by Gasteiger charge is -2.09. The van der Waals surface area contributed by atoms with Crippen LogP contribution in [0.3, 0.4) is 0 Å². The minimum Gasteiger partial charge on any atom is -0.304 e. The lowest BCUT2D eigenvalue weighted by Crippen LogP contribution is -2.38. The maximum absolute atomic E-state index is 12.9. The molecule has 3 nitrogen and oxygen atoms in total. The van der Waals surface area contributed by atoms with Crippen molar-refractivity contribution < 1.29 is 4.39 Å². The molecule has 2 unspecified atom stereocenters. The molecule has 2 atom stereocenters. The van der Waals surface area contributed by atoms with Crippen molar-refractivity contribution in [2.45, 2.75) is 18.6 Å². The van der Waals surface area contributed by atoms with Crippen LogP contribution in [0.15, 0.2) is 24.3 Å². The van der Waals surface area contributed by atoms with E-state index in [9.17, 15) is 4.39 Å². The molecule has 1 aliphatic rings. The van der Waals surface area contributed by atoms with Gasteiger partial charge in [0.2, 0.25) is 0 Å². The first-order chi connectivity index (χ1) is 6.79. The molecule has 4 heteroatoms. The normalized spacial score (nSPS) is 26.7. The first-order valence-corrected chi connectivity index (χ1v) is 4.73. The molecule has 0 aromatic heterocycles. The number of hydrogen-bond donors (Lipinski definition) is 3. The summed E-state index contributed by atoms with van der Waals surface area (Å²) in [5.41, 5.74) is 7.19. The van der Waals surface area contributed by atoms with Crippen LogP contribution in [-0.4, -0.2) is 13.2 Å². The molecule has 0 radical (unpaired) electrons. The number of nitrogens with one attached hydrogen (secondary N) is 3. The second-order valence-corrected chi connectivity index (χ2v) is 3.47. The summed E-state index contributed by atoms with van der Waals surface area (Å²) in [5.74, 6) is -0.183. The molecular formula is C10H14FN3. The lowest BCUT2D eigenvalue weighted by atomic mass is 10.0. The zero-order chi connectivity index (χ0) is 9.97. The predicted octanol–water partition coefficient (Wildman–Crippen LogP) is 0.910. The Hall–Kier alpha value is -0.970. The molecule has 1 saturated heterocycles. The summed E-state index contributed by atoms with van der Waals surface area (Å²) in [6.45, 7) is 0. The van der Waals surface area contributed by atoms with Gasteiger partial charge in [0.25, 0.3) is 0 Å². The average molecular weight is 195 g/mol. The molecule has 1 aliphatic heterocycles. The van der Waals surface area contributed by atoms with Crippen LogP contribution < -0.4 is 16.2 Å². The number of benzene rings is 1. The Morgan fingerprint density at radius 1 is 1.43 bits per heavy atom. The summed E-state index contributed by atoms with van der Waals surface area (Å²) in [6, 6.07) is 6.88. The van der Waals surface area contributed by atoms with Gasteiger partial charge in [-0.15, -0.1) is 0 Å². The van der Waals surface area contributed by atoms with E-state index in [-0.39, 0.29) is 18.0 Å². The largest absolute Gasteiger partial charge is 0.304 e. The highest BCUT2D eigenvalue weighted by Gasteiger charge is 2.23. The Morgan fingerprint density at radius 3 is 2.93 bits per heavy atom. The third kappa shape index (κ3) is 1.92. The third-order valence-electron chi connectivity index (χ3n) is 2.50. The van der Waals surface area contributed by atoms with Crippen LogP contribution in [0, 0.1) is 5.82 Å². The Bertz CT molecular complexity index is 316. The van der Waals surface area contributed by atoms with Gasteiger partial charge < -0.3 is 5.32 Å². The van der Waals surface area contributed by atoms with Crippen molar-refractivity contribution in [2.75, 3.05) is 7.05 Å². The van der Waals surface area contributed by atoms with Gasteiger partial charge in [0, 0.05) is 6.04 Å². The molecular weight excluding hydrogens is 181 g/mol. The number of halogens is 1. The number of rotatable bonds is 2. The van der Waals surface area contributed by atoms with Gasteiger partial charge in [-0.2, -0.15) is 0 Å². The van der Waals surface area contributed by atoms with E-state index in [0.29, 0.717) is 0 Å². The van der Waals surface area contributed by atoms with Crippen LogP contribution in [0.5, 0.6) is 0 Å². The van der Waals surface area contributed by atoms with Crippen molar-refractivity contribution in [3.05, 3.63) is 35.6 Å². The standard InChI is InChI=1S/C10H14FN3/c1-12-10-6-9(13-14-10)7-3-2-4-8(11)5-7/h2-5,9-10,12-14H,6H2,1H3. The van der Waals surface area contributed by atoms with Crippen LogP contribution in [0.25, 0.3) is 0 Å². The molecule has 0 aliphatic carbocycles. The minimum absolute atomic E-state index is 0.183. The van der Waals surface area contributed by atoms with Crippen molar-refractivity contribution in [1.29, 1.82) is 0 Å². The molecule has 2 rings (SSSR count). The molecule has 76 valence electrons. The SMILES string of the molecule is CNC1CC(c2cccc(F)c2)NN1. The van der Waals surface area contributed by atoms with Crippen LogP contribution in [0.4, 0.5) is 4.39 Å². The summed E-state index contributed by atoms with van der Waals surface area (Å²) in [4.78, 5) is 0. The van der Waals surface area contributed by atoms with Crippen molar-refractivity contribution in [3.63, 3.8) is 0 Å². The van der Waals surface area contributed by atoms with Crippen molar-refractivity contribution in [1.82, 2.24) is 16.2 Å². The van der Waals surface area contributed by atoms with Gasteiger partial charge in [-0.3, -0.25) is 0 Å². The van der Waals surface area contributed by atoms with Gasteiger partial charge in [0.05, 0.1) is 6.17 Å². The first-order valence-electron chi connectivity index (χ1n) is 4.73. The van der Waals surface area contributed by atoms with Gasteiger partial charge in [-0.05, 0) is 31.2 Å². The van der Waals surface area contributed by atoms with Crippen molar-refractivity contribution >= 4 is 0 Å². The van der Waals surface area contributed by atoms with E-state index in [0.717, 1.165) is 12.0 Å². The van der Waals surface area contributed by atoms with Crippen LogP contribution in [0.2, 0.25) is 0 Å². The van der Waals surface area contributed by atoms with Gasteiger partial charge in [0.15, 0.2) is 0 Å². The monoisotopic (exact) mass is 195 g/mol. The Morgan fingerprint density at radius 2 is 2.29 bits per heavy atom. The fourth-order valence-electron chi connectivity index (χ4n) is 1.69. The Kier molecular flexibility index (Phi) is 2.77. The summed E-state index contributed by atoms with van der Waals surface area (Å²) in [6.07, 6.45) is 1.17. The van der Waals surface area contributed by atoms with Gasteiger partial charge in [-0.1, -0.05) is 12.1 Å². The number of hydrogen-bond acceptors (Lipinski definition) is 3. The van der Waals surface area contributed by atoms with Crippen LogP contribution in [0.1, 0.15) is 18.0 Å². The fraction of sp³-hybridized carbons (Fsp3) is 0.400. The second kappa shape index (κ2) is 4.04. The maximum Gasteiger partial charge on any atom is 0.123 e. The summed E-state index contributed by atoms with van der Waals surface area (Å²) >= 11 is 0. The molecule has 0 spiro atoms. The third-order valence-corrected chi connectivity index (χ3v) is 2.50. The zero-order valence-electron chi connectivity index (χ0n) is 8.05. The van der Waals surface area contributed by atoms with E-state index in [2.05, 4.69) is 16.2 Å². The second-order valence-electron chi connectivity index (χ2n) is 3.47. The Labute approximate surface area is 82.7 Å². The maximum atomic E-state index is 12.9. The molecule has 0 bridgehead atoms. The van der Waals surface area contributed by atoms with E-state index in [1.807, 2.05) is 13.1 Å². The Balaban J connectivity index is 2.09. The van der Waals surface area contributed by atoms with E-state index >= 15 is 0 Å². The van der Waals surface area contributed by atoms with E-state index < -0.39 is 0 Å². The highest BCUT2D eigenvalue weighted by Crippen LogP contribution is 2.21. The van der Waals surface area contributed by atoms with Crippen molar-refractivity contribution in [2.24, 2.45) is 0 Å². The smallest absolute Gasteiger partial charge is 0.123 e. The fourth-order valence-corrected chi connectivity index (χ4v) is 1.69. The predicted molar refractivity (Wildman–Crippen MR) is 52.9 cm³/mol. The van der Waals surface area contributed by atoms with E-state index in [1.165, 1.54) is 6.07 Å². The van der Waals surface area contributed by atoms with Crippen LogP contribution >= 0.6 is 0 Å². The average Bonchev–Trinajstić information content (AvgIpc) is 2.66. The molecule has 1 heterocycles. The highest BCUT2D eigenvalue weighted by atomic mass is 19.1. The van der Waals surface area contributed by atoms with Gasteiger partial charge in [0.1, 0.15) is 5.82 Å². The highest BCUT2D eigenvalue weighted by molar-refractivity contribution is 5.21. The molecule has 1 aromatic rings. The zero-order valence-corrected chi connectivity index (χ0v) is 8.05. The van der Waals surface area contributed by atoms with Crippen LogP contribution in [-0.2, 0) is 0 Å². The molecule has 0 amide bonds. The van der Waals surface area contributed by atoms with Crippen molar-refractivity contribution in [3.8, 4) is 0 Å². The topological polar surface area (TPSA) is 36.1 Å². The molecule has 0 saturated carbocycles. The summed E-state index contributed by atoms with van der Waals surface area (Å²) < 4.78 is 12.9.